The largest absolute Gasteiger partial charge is 0.497 e. The molecule has 2 aromatic carbocycles. The van der Waals surface area contributed by atoms with Gasteiger partial charge in [0.15, 0.2) is 0 Å². The molecule has 0 saturated carbocycles. The number of β-amino-alcohol motifs (C(OH)–C–C–N with tert-alkyl or cyclic N) is 1. The summed E-state index contributed by atoms with van der Waals surface area (Å²) in [6.07, 6.45) is 1.22. The SMILES string of the molecule is CCc1ccccc1OCC(O)CNC(C)(C)Cc1ccc(OC)cc1. The minimum Gasteiger partial charge on any atom is -0.497 e. The van der Waals surface area contributed by atoms with Crippen LogP contribution in [0.5, 0.6) is 11.5 Å². The number of hydrogen-bond donors (Lipinski definition) is 2. The zero-order chi connectivity index (χ0) is 19.0. The molecular formula is C22H31NO3. The van der Waals surface area contributed by atoms with E-state index < -0.39 is 6.10 Å². The Morgan fingerprint density at radius 3 is 2.42 bits per heavy atom. The Labute approximate surface area is 157 Å². The van der Waals surface area contributed by atoms with Crippen molar-refractivity contribution in [2.75, 3.05) is 20.3 Å². The molecule has 0 saturated heterocycles. The highest BCUT2D eigenvalue weighted by Gasteiger charge is 2.19. The molecule has 0 aliphatic rings. The summed E-state index contributed by atoms with van der Waals surface area (Å²) < 4.78 is 11.0. The number of hydrogen-bond acceptors (Lipinski definition) is 4. The van der Waals surface area contributed by atoms with Crippen molar-refractivity contribution in [3.05, 3.63) is 59.7 Å². The van der Waals surface area contributed by atoms with E-state index in [1.165, 1.54) is 5.56 Å². The van der Waals surface area contributed by atoms with Crippen molar-refractivity contribution in [3.8, 4) is 11.5 Å². The number of rotatable bonds is 10. The number of aliphatic hydroxyl groups excluding tert-OH is 1. The second kappa shape index (κ2) is 9.60. The minimum absolute atomic E-state index is 0.128. The van der Waals surface area contributed by atoms with Crippen LogP contribution in [0.3, 0.4) is 0 Å². The van der Waals surface area contributed by atoms with Crippen molar-refractivity contribution in [1.29, 1.82) is 0 Å². The predicted molar refractivity (Wildman–Crippen MR) is 106 cm³/mol. The lowest BCUT2D eigenvalue weighted by Gasteiger charge is -2.28. The molecule has 0 radical (unpaired) electrons. The van der Waals surface area contributed by atoms with Gasteiger partial charge in [-0.05, 0) is 56.0 Å². The molecule has 0 aliphatic heterocycles. The lowest BCUT2D eigenvalue weighted by atomic mass is 9.94. The second-order valence-corrected chi connectivity index (χ2v) is 7.22. The van der Waals surface area contributed by atoms with Gasteiger partial charge in [-0.2, -0.15) is 0 Å². The van der Waals surface area contributed by atoms with Crippen LogP contribution in [0, 0.1) is 0 Å². The van der Waals surface area contributed by atoms with E-state index in [-0.39, 0.29) is 12.1 Å². The van der Waals surface area contributed by atoms with E-state index in [2.05, 4.69) is 44.3 Å². The van der Waals surface area contributed by atoms with Crippen LogP contribution in [-0.2, 0) is 12.8 Å². The molecule has 0 aromatic heterocycles. The zero-order valence-electron chi connectivity index (χ0n) is 16.3. The molecule has 142 valence electrons. The summed E-state index contributed by atoms with van der Waals surface area (Å²) >= 11 is 0. The number of ether oxygens (including phenoxy) is 2. The van der Waals surface area contributed by atoms with Gasteiger partial charge in [0, 0.05) is 12.1 Å². The molecule has 4 heteroatoms. The summed E-state index contributed by atoms with van der Waals surface area (Å²) in [6.45, 7) is 7.14. The van der Waals surface area contributed by atoms with Crippen LogP contribution < -0.4 is 14.8 Å². The van der Waals surface area contributed by atoms with Crippen LogP contribution in [0.4, 0.5) is 0 Å². The van der Waals surface area contributed by atoms with Crippen LogP contribution in [0.2, 0.25) is 0 Å². The lowest BCUT2D eigenvalue weighted by Crippen LogP contribution is -2.46. The topological polar surface area (TPSA) is 50.7 Å². The van der Waals surface area contributed by atoms with Gasteiger partial charge in [0.25, 0.3) is 0 Å². The monoisotopic (exact) mass is 357 g/mol. The van der Waals surface area contributed by atoms with E-state index in [1.807, 2.05) is 30.3 Å². The molecule has 0 aliphatic carbocycles. The molecule has 4 nitrogen and oxygen atoms in total. The Morgan fingerprint density at radius 1 is 1.08 bits per heavy atom. The lowest BCUT2D eigenvalue weighted by molar-refractivity contribution is 0.0984. The first-order valence-corrected chi connectivity index (χ1v) is 9.20. The predicted octanol–water partition coefficient (Wildman–Crippen LogP) is 3.61. The smallest absolute Gasteiger partial charge is 0.122 e. The quantitative estimate of drug-likeness (QED) is 0.682. The molecule has 2 rings (SSSR count). The molecule has 1 unspecified atom stereocenters. The first-order valence-electron chi connectivity index (χ1n) is 9.20. The van der Waals surface area contributed by atoms with Gasteiger partial charge in [-0.15, -0.1) is 0 Å². The van der Waals surface area contributed by atoms with Gasteiger partial charge in [0.2, 0.25) is 0 Å². The fraction of sp³-hybridized carbons (Fsp3) is 0.455. The Hall–Kier alpha value is -2.04. The van der Waals surface area contributed by atoms with Gasteiger partial charge in [-0.3, -0.25) is 0 Å². The maximum Gasteiger partial charge on any atom is 0.122 e. The highest BCUT2D eigenvalue weighted by molar-refractivity contribution is 5.33. The molecule has 0 spiro atoms. The molecule has 26 heavy (non-hydrogen) atoms. The Balaban J connectivity index is 1.80. The molecule has 0 amide bonds. The normalized spacial score (nSPS) is 12.7. The van der Waals surface area contributed by atoms with E-state index in [1.54, 1.807) is 7.11 Å². The summed E-state index contributed by atoms with van der Waals surface area (Å²) in [5.74, 6) is 1.71. The number of methoxy groups -OCH3 is 1. The van der Waals surface area contributed by atoms with E-state index >= 15 is 0 Å². The van der Waals surface area contributed by atoms with Gasteiger partial charge in [-0.25, -0.2) is 0 Å². The molecule has 2 N–H and O–H groups in total. The summed E-state index contributed by atoms with van der Waals surface area (Å²) in [6, 6.07) is 16.1. The third-order valence-electron chi connectivity index (χ3n) is 4.41. The highest BCUT2D eigenvalue weighted by atomic mass is 16.5. The van der Waals surface area contributed by atoms with Crippen LogP contribution in [0.1, 0.15) is 31.9 Å². The number of aliphatic hydroxyl groups is 1. The zero-order valence-corrected chi connectivity index (χ0v) is 16.3. The number of nitrogens with one attached hydrogen (secondary N) is 1. The van der Waals surface area contributed by atoms with E-state index in [9.17, 15) is 5.11 Å². The number of benzene rings is 2. The molecule has 0 bridgehead atoms. The highest BCUT2D eigenvalue weighted by Crippen LogP contribution is 2.19. The first-order chi connectivity index (χ1) is 12.4. The summed E-state index contributed by atoms with van der Waals surface area (Å²) in [7, 11) is 1.67. The Bertz CT molecular complexity index is 667. The summed E-state index contributed by atoms with van der Waals surface area (Å²) in [4.78, 5) is 0. The van der Waals surface area contributed by atoms with E-state index in [0.29, 0.717) is 6.54 Å². The average molecular weight is 357 g/mol. The van der Waals surface area contributed by atoms with Gasteiger partial charge in [-0.1, -0.05) is 37.3 Å². The standard InChI is InChI=1S/C22H31NO3/c1-5-18-8-6-7-9-21(18)26-16-19(24)15-23-22(2,3)14-17-10-12-20(25-4)13-11-17/h6-13,19,23-24H,5,14-16H2,1-4H3. The fourth-order valence-electron chi connectivity index (χ4n) is 2.89. The van der Waals surface area contributed by atoms with Crippen molar-refractivity contribution in [3.63, 3.8) is 0 Å². The number of para-hydroxylation sites is 1. The Kier molecular flexibility index (Phi) is 7.49. The molecule has 1 atom stereocenters. The van der Waals surface area contributed by atoms with Crippen LogP contribution in [0.15, 0.2) is 48.5 Å². The van der Waals surface area contributed by atoms with Crippen molar-refractivity contribution in [2.45, 2.75) is 45.3 Å². The summed E-state index contributed by atoms with van der Waals surface area (Å²) in [5, 5.41) is 13.7. The van der Waals surface area contributed by atoms with Gasteiger partial charge < -0.3 is 19.9 Å². The van der Waals surface area contributed by atoms with Crippen LogP contribution in [0.25, 0.3) is 0 Å². The maximum atomic E-state index is 10.3. The second-order valence-electron chi connectivity index (χ2n) is 7.22. The van der Waals surface area contributed by atoms with Gasteiger partial charge in [0.1, 0.15) is 24.2 Å². The average Bonchev–Trinajstić information content (AvgIpc) is 2.65. The first kappa shape index (κ1) is 20.3. The molecule has 0 heterocycles. The van der Waals surface area contributed by atoms with Gasteiger partial charge >= 0.3 is 0 Å². The molecule has 2 aromatic rings. The third kappa shape index (κ3) is 6.36. The third-order valence-corrected chi connectivity index (χ3v) is 4.41. The van der Waals surface area contributed by atoms with Crippen LogP contribution >= 0.6 is 0 Å². The number of aryl methyl sites for hydroxylation is 1. The summed E-state index contributed by atoms with van der Waals surface area (Å²) in [5.41, 5.74) is 2.26. The van der Waals surface area contributed by atoms with E-state index in [4.69, 9.17) is 9.47 Å². The van der Waals surface area contributed by atoms with Crippen molar-refractivity contribution in [1.82, 2.24) is 5.32 Å². The van der Waals surface area contributed by atoms with Gasteiger partial charge in [0.05, 0.1) is 7.11 Å². The van der Waals surface area contributed by atoms with Crippen molar-refractivity contribution in [2.24, 2.45) is 0 Å². The van der Waals surface area contributed by atoms with Crippen molar-refractivity contribution >= 4 is 0 Å². The fourth-order valence-corrected chi connectivity index (χ4v) is 2.89. The van der Waals surface area contributed by atoms with E-state index in [0.717, 1.165) is 29.9 Å². The molecular weight excluding hydrogens is 326 g/mol. The Morgan fingerprint density at radius 2 is 1.77 bits per heavy atom. The maximum absolute atomic E-state index is 10.3. The molecule has 0 fully saturated rings. The van der Waals surface area contributed by atoms with Crippen molar-refractivity contribution < 1.29 is 14.6 Å². The minimum atomic E-state index is -0.560. The van der Waals surface area contributed by atoms with Crippen LogP contribution in [-0.4, -0.2) is 37.0 Å².